The number of pyridine rings is 1. The van der Waals surface area contributed by atoms with Gasteiger partial charge in [-0.3, -0.25) is 4.98 Å². The number of aromatic nitrogens is 6. The molecule has 2 aromatic carbocycles. The average Bonchev–Trinajstić information content (AvgIpc) is 3.54. The molecule has 40 heavy (non-hydrogen) atoms. The summed E-state index contributed by atoms with van der Waals surface area (Å²) in [5.41, 5.74) is 4.16. The van der Waals surface area contributed by atoms with Crippen molar-refractivity contribution in [2.45, 2.75) is 0 Å². The smallest absolute Gasteiger partial charge is 0.163 e. The predicted molar refractivity (Wildman–Crippen MR) is 147 cm³/mol. The zero-order chi connectivity index (χ0) is 28.9. The predicted octanol–water partition coefficient (Wildman–Crippen LogP) is 2.58. The highest BCUT2D eigenvalue weighted by molar-refractivity contribution is 5.86. The van der Waals surface area contributed by atoms with Crippen LogP contribution in [0.4, 0.5) is 4.39 Å². The van der Waals surface area contributed by atoms with Crippen LogP contribution in [0.15, 0.2) is 79.3 Å². The SMILES string of the molecule is C[N+](C)(C)CCO.Cn1c(-c2cn(-c3cccc(C(=O)[O-])c3)nn2)nc(-c2ccc(F)cc2)c1-c1ccncc1. The molecular formula is C29H30FN7O3. The number of nitrogens with zero attached hydrogens (tertiary/aromatic N) is 7. The van der Waals surface area contributed by atoms with E-state index >= 15 is 0 Å². The topological polar surface area (TPSA) is 122 Å². The number of rotatable bonds is 7. The van der Waals surface area contributed by atoms with Crippen LogP contribution < -0.4 is 5.11 Å². The molecular weight excluding hydrogens is 513 g/mol. The van der Waals surface area contributed by atoms with E-state index in [2.05, 4.69) is 36.4 Å². The first kappa shape index (κ1) is 28.3. The molecule has 0 saturated heterocycles. The van der Waals surface area contributed by atoms with Gasteiger partial charge < -0.3 is 24.1 Å². The number of carbonyl (C=O) groups excluding carboxylic acids is 1. The fourth-order valence-corrected chi connectivity index (χ4v) is 3.94. The molecule has 0 fully saturated rings. The molecule has 0 bridgehead atoms. The number of hydrogen-bond acceptors (Lipinski definition) is 7. The lowest BCUT2D eigenvalue weighted by Gasteiger charge is -2.21. The number of imidazole rings is 1. The van der Waals surface area contributed by atoms with Crippen molar-refractivity contribution in [3.8, 4) is 39.7 Å². The Labute approximate surface area is 231 Å². The Morgan fingerprint density at radius 1 is 1.02 bits per heavy atom. The molecule has 0 amide bonds. The Kier molecular flexibility index (Phi) is 8.46. The lowest BCUT2D eigenvalue weighted by molar-refractivity contribution is -0.870. The molecule has 5 aromatic rings. The monoisotopic (exact) mass is 543 g/mol. The summed E-state index contributed by atoms with van der Waals surface area (Å²) >= 11 is 0. The average molecular weight is 544 g/mol. The van der Waals surface area contributed by atoms with Gasteiger partial charge in [-0.15, -0.1) is 5.10 Å². The van der Waals surface area contributed by atoms with Crippen LogP contribution in [0.3, 0.4) is 0 Å². The van der Waals surface area contributed by atoms with Crippen LogP contribution in [0.2, 0.25) is 0 Å². The highest BCUT2D eigenvalue weighted by atomic mass is 19.1. The zero-order valence-corrected chi connectivity index (χ0v) is 22.7. The van der Waals surface area contributed by atoms with Crippen molar-refractivity contribution in [2.75, 3.05) is 34.3 Å². The molecule has 0 spiro atoms. The number of aliphatic hydroxyl groups excluding tert-OH is 1. The summed E-state index contributed by atoms with van der Waals surface area (Å²) in [6, 6.07) is 16.1. The number of carboxylic acid groups (broad SMARTS) is 1. The zero-order valence-electron chi connectivity index (χ0n) is 22.7. The molecule has 1 N–H and O–H groups in total. The van der Waals surface area contributed by atoms with E-state index in [0.29, 0.717) is 22.9 Å². The van der Waals surface area contributed by atoms with Crippen molar-refractivity contribution >= 4 is 5.97 Å². The van der Waals surface area contributed by atoms with Gasteiger partial charge in [0.15, 0.2) is 5.82 Å². The summed E-state index contributed by atoms with van der Waals surface area (Å²) in [4.78, 5) is 20.1. The summed E-state index contributed by atoms with van der Waals surface area (Å²) in [5.74, 6) is -1.06. The number of halogens is 1. The first-order valence-electron chi connectivity index (χ1n) is 12.5. The Hall–Kier alpha value is -4.74. The van der Waals surface area contributed by atoms with E-state index in [-0.39, 0.29) is 18.0 Å². The van der Waals surface area contributed by atoms with E-state index < -0.39 is 5.97 Å². The van der Waals surface area contributed by atoms with Gasteiger partial charge in [-0.1, -0.05) is 17.3 Å². The molecule has 3 aromatic heterocycles. The number of carbonyl (C=O) groups is 1. The molecule has 0 aliphatic carbocycles. The molecule has 0 aliphatic rings. The quantitative estimate of drug-likeness (QED) is 0.313. The Morgan fingerprint density at radius 3 is 2.33 bits per heavy atom. The fraction of sp³-hybridized carbons (Fsp3) is 0.207. The van der Waals surface area contributed by atoms with Gasteiger partial charge in [-0.05, 0) is 54.1 Å². The van der Waals surface area contributed by atoms with Crippen molar-refractivity contribution < 1.29 is 23.9 Å². The lowest BCUT2D eigenvalue weighted by Crippen LogP contribution is -2.36. The Balaban J connectivity index is 0.000000470. The number of benzene rings is 2. The van der Waals surface area contributed by atoms with Crippen LogP contribution >= 0.6 is 0 Å². The third-order valence-electron chi connectivity index (χ3n) is 6.01. The summed E-state index contributed by atoms with van der Waals surface area (Å²) in [7, 11) is 8.02. The molecule has 5 rings (SSSR count). The second kappa shape index (κ2) is 12.0. The van der Waals surface area contributed by atoms with Crippen LogP contribution in [0.25, 0.3) is 39.7 Å². The number of hydrogen-bond donors (Lipinski definition) is 1. The molecule has 0 atom stereocenters. The molecule has 0 unspecified atom stereocenters. The molecule has 206 valence electrons. The maximum atomic E-state index is 13.5. The van der Waals surface area contributed by atoms with Crippen molar-refractivity contribution in [1.29, 1.82) is 0 Å². The van der Waals surface area contributed by atoms with Crippen LogP contribution in [-0.2, 0) is 7.05 Å². The summed E-state index contributed by atoms with van der Waals surface area (Å²) < 4.78 is 17.7. The van der Waals surface area contributed by atoms with Gasteiger partial charge in [0.1, 0.15) is 18.1 Å². The number of carboxylic acids is 1. The van der Waals surface area contributed by atoms with Gasteiger partial charge in [-0.25, -0.2) is 14.1 Å². The van der Waals surface area contributed by atoms with Crippen molar-refractivity contribution in [1.82, 2.24) is 29.5 Å². The normalized spacial score (nSPS) is 11.2. The highest BCUT2D eigenvalue weighted by Crippen LogP contribution is 2.35. The molecule has 11 heteroatoms. The van der Waals surface area contributed by atoms with Crippen LogP contribution in [-0.4, -0.2) is 79.4 Å². The molecule has 0 aliphatic heterocycles. The molecule has 0 radical (unpaired) electrons. The highest BCUT2D eigenvalue weighted by Gasteiger charge is 2.21. The maximum absolute atomic E-state index is 13.5. The molecule has 10 nitrogen and oxygen atoms in total. The minimum Gasteiger partial charge on any atom is -0.545 e. The van der Waals surface area contributed by atoms with E-state index in [1.54, 1.807) is 42.9 Å². The van der Waals surface area contributed by atoms with E-state index in [4.69, 9.17) is 10.1 Å². The second-order valence-corrected chi connectivity index (χ2v) is 10.1. The summed E-state index contributed by atoms with van der Waals surface area (Å²) in [6.07, 6.45) is 5.05. The van der Waals surface area contributed by atoms with E-state index in [1.165, 1.54) is 28.9 Å². The van der Waals surface area contributed by atoms with Crippen molar-refractivity contribution in [2.24, 2.45) is 7.05 Å². The molecule has 3 heterocycles. The largest absolute Gasteiger partial charge is 0.545 e. The summed E-state index contributed by atoms with van der Waals surface area (Å²) in [6.45, 7) is 1.11. The van der Waals surface area contributed by atoms with Crippen LogP contribution in [0.5, 0.6) is 0 Å². The number of aromatic carboxylic acids is 1. The van der Waals surface area contributed by atoms with E-state index in [9.17, 15) is 14.3 Å². The van der Waals surface area contributed by atoms with Crippen LogP contribution in [0.1, 0.15) is 10.4 Å². The van der Waals surface area contributed by atoms with Gasteiger partial charge in [0.05, 0.1) is 57.0 Å². The van der Waals surface area contributed by atoms with Crippen molar-refractivity contribution in [3.63, 3.8) is 0 Å². The minimum absolute atomic E-state index is 0.0418. The number of likely N-dealkylation sites (N-methyl/N-ethyl adjacent to an activating group) is 1. The van der Waals surface area contributed by atoms with Gasteiger partial charge in [-0.2, -0.15) is 0 Å². The molecule has 0 saturated carbocycles. The van der Waals surface area contributed by atoms with Gasteiger partial charge >= 0.3 is 0 Å². The van der Waals surface area contributed by atoms with E-state index in [1.807, 2.05) is 23.7 Å². The second-order valence-electron chi connectivity index (χ2n) is 10.1. The first-order valence-corrected chi connectivity index (χ1v) is 12.5. The van der Waals surface area contributed by atoms with Crippen LogP contribution in [0, 0.1) is 5.82 Å². The Morgan fingerprint density at radius 2 is 1.73 bits per heavy atom. The third kappa shape index (κ3) is 6.63. The van der Waals surface area contributed by atoms with Crippen molar-refractivity contribution in [3.05, 3.63) is 90.6 Å². The van der Waals surface area contributed by atoms with Gasteiger partial charge in [0, 0.05) is 30.6 Å². The number of quaternary nitrogens is 1. The third-order valence-corrected chi connectivity index (χ3v) is 6.01. The number of aliphatic hydroxyl groups is 1. The van der Waals surface area contributed by atoms with E-state index in [0.717, 1.165) is 27.8 Å². The van der Waals surface area contributed by atoms with Gasteiger partial charge in [0.2, 0.25) is 0 Å². The fourth-order valence-electron chi connectivity index (χ4n) is 3.94. The minimum atomic E-state index is -1.27. The Bertz CT molecular complexity index is 1590. The van der Waals surface area contributed by atoms with Gasteiger partial charge in [0.25, 0.3) is 0 Å². The first-order chi connectivity index (χ1) is 19.1. The summed E-state index contributed by atoms with van der Waals surface area (Å²) in [5, 5.41) is 28.0. The lowest BCUT2D eigenvalue weighted by atomic mass is 10.1. The standard InChI is InChI=1S/C24H17FN6O2.C5H14NO/c1-30-22(16-9-11-26-12-10-16)21(15-5-7-18(25)8-6-15)27-23(30)20-14-31(29-28-20)19-4-2-3-17(13-19)24(32)33;1-6(2,3)4-5-7/h2-14H,1H3,(H,32,33);7H,4-5H2,1-3H3/q;+1/p-1. The maximum Gasteiger partial charge on any atom is 0.163 e.